The maximum Gasteiger partial charge on any atom is 0.261 e. The maximum atomic E-state index is 5.08. The molecule has 0 aliphatic rings. The van der Waals surface area contributed by atoms with Crippen LogP contribution < -0.4 is 0 Å². The van der Waals surface area contributed by atoms with Gasteiger partial charge in [-0.05, 0) is 39.7 Å². The molecular weight excluding hydrogens is 174 g/mol. The molecule has 0 saturated carbocycles. The normalized spacial score (nSPS) is 11.9. The minimum atomic E-state index is -0.207. The van der Waals surface area contributed by atoms with Crippen molar-refractivity contribution in [1.82, 2.24) is 0 Å². The van der Waals surface area contributed by atoms with Crippen LogP contribution in [0.3, 0.4) is 0 Å². The van der Waals surface area contributed by atoms with Crippen LogP contribution in [0.4, 0.5) is 0 Å². The SMILES string of the molecule is BOC(C=C(C)CCC=C(C)C)OB. The molecule has 0 heterocycles. The molecule has 0 radical (unpaired) electrons. The second-order valence-electron chi connectivity index (χ2n) is 3.67. The lowest BCUT2D eigenvalue weighted by Crippen LogP contribution is -2.11. The van der Waals surface area contributed by atoms with Gasteiger partial charge in [-0.2, -0.15) is 0 Å². The van der Waals surface area contributed by atoms with E-state index in [9.17, 15) is 0 Å². The highest BCUT2D eigenvalue weighted by Gasteiger charge is 1.99. The third kappa shape index (κ3) is 6.98. The Morgan fingerprint density at radius 2 is 1.79 bits per heavy atom. The Balaban J connectivity index is 3.93. The van der Waals surface area contributed by atoms with Gasteiger partial charge in [-0.1, -0.05) is 17.2 Å². The average molecular weight is 194 g/mol. The predicted octanol–water partition coefficient (Wildman–Crippen LogP) is 1.13. The third-order valence-electron chi connectivity index (χ3n) is 1.98. The molecule has 4 heteroatoms. The van der Waals surface area contributed by atoms with Crippen molar-refractivity contribution >= 4 is 16.1 Å². The molecule has 0 aliphatic heterocycles. The fraction of sp³-hybridized carbons (Fsp3) is 0.600. The first kappa shape index (κ1) is 13.5. The fourth-order valence-corrected chi connectivity index (χ4v) is 1.14. The highest BCUT2D eigenvalue weighted by atomic mass is 16.6. The zero-order valence-electron chi connectivity index (χ0n) is 9.96. The Morgan fingerprint density at radius 3 is 2.21 bits per heavy atom. The van der Waals surface area contributed by atoms with Gasteiger partial charge in [-0.15, -0.1) is 0 Å². The van der Waals surface area contributed by atoms with E-state index in [2.05, 4.69) is 26.8 Å². The van der Waals surface area contributed by atoms with Crippen LogP contribution in [0.2, 0.25) is 0 Å². The number of rotatable bonds is 6. The molecule has 14 heavy (non-hydrogen) atoms. The fourth-order valence-electron chi connectivity index (χ4n) is 1.14. The van der Waals surface area contributed by atoms with Gasteiger partial charge in [0.15, 0.2) is 0 Å². The van der Waals surface area contributed by atoms with E-state index in [0.29, 0.717) is 0 Å². The van der Waals surface area contributed by atoms with Crippen molar-refractivity contribution in [2.24, 2.45) is 0 Å². The summed E-state index contributed by atoms with van der Waals surface area (Å²) in [6, 6.07) is 0. The van der Waals surface area contributed by atoms with E-state index in [1.165, 1.54) is 11.1 Å². The number of hydrogen-bond acceptors (Lipinski definition) is 2. The largest absolute Gasteiger partial charge is 0.419 e. The van der Waals surface area contributed by atoms with Gasteiger partial charge < -0.3 is 9.31 Å². The summed E-state index contributed by atoms with van der Waals surface area (Å²) in [6.07, 6.45) is 6.20. The first-order chi connectivity index (χ1) is 6.60. The minimum absolute atomic E-state index is 0.207. The lowest BCUT2D eigenvalue weighted by atomic mass is 10.1. The third-order valence-corrected chi connectivity index (χ3v) is 1.98. The van der Waals surface area contributed by atoms with Gasteiger partial charge in [-0.3, -0.25) is 0 Å². The van der Waals surface area contributed by atoms with E-state index < -0.39 is 0 Å². The van der Waals surface area contributed by atoms with Crippen LogP contribution in [0.1, 0.15) is 33.6 Å². The molecule has 0 amide bonds. The molecule has 0 spiro atoms. The number of allylic oxidation sites excluding steroid dienone is 3. The van der Waals surface area contributed by atoms with E-state index in [4.69, 9.17) is 9.31 Å². The summed E-state index contributed by atoms with van der Waals surface area (Å²) < 4.78 is 10.2. The zero-order chi connectivity index (χ0) is 11.0. The van der Waals surface area contributed by atoms with E-state index in [-0.39, 0.29) is 6.29 Å². The van der Waals surface area contributed by atoms with Crippen molar-refractivity contribution < 1.29 is 9.31 Å². The molecule has 0 saturated heterocycles. The lowest BCUT2D eigenvalue weighted by Gasteiger charge is -2.11. The van der Waals surface area contributed by atoms with Crippen LogP contribution in [-0.2, 0) is 9.31 Å². The molecule has 2 nitrogen and oxygen atoms in total. The van der Waals surface area contributed by atoms with Crippen molar-refractivity contribution in [1.29, 1.82) is 0 Å². The summed E-state index contributed by atoms with van der Waals surface area (Å²) in [5.74, 6) is 0. The average Bonchev–Trinajstić information content (AvgIpc) is 2.13. The smallest absolute Gasteiger partial charge is 0.261 e. The van der Waals surface area contributed by atoms with Gasteiger partial charge in [-0.25, -0.2) is 0 Å². The molecule has 0 aromatic heterocycles. The van der Waals surface area contributed by atoms with E-state index in [0.717, 1.165) is 12.8 Å². The summed E-state index contributed by atoms with van der Waals surface area (Å²) in [6.45, 7) is 6.34. The Labute approximate surface area is 89.2 Å². The lowest BCUT2D eigenvalue weighted by molar-refractivity contribution is 0.0633. The van der Waals surface area contributed by atoms with Gasteiger partial charge in [0.25, 0.3) is 16.1 Å². The van der Waals surface area contributed by atoms with Crippen LogP contribution >= 0.6 is 0 Å². The summed E-state index contributed by atoms with van der Waals surface area (Å²) in [7, 11) is 3.29. The van der Waals surface area contributed by atoms with E-state index >= 15 is 0 Å². The first-order valence-electron chi connectivity index (χ1n) is 4.96. The minimum Gasteiger partial charge on any atom is -0.419 e. The second-order valence-corrected chi connectivity index (χ2v) is 3.67. The Morgan fingerprint density at radius 1 is 1.21 bits per heavy atom. The van der Waals surface area contributed by atoms with Gasteiger partial charge in [0, 0.05) is 0 Å². The number of hydrogen-bond donors (Lipinski definition) is 0. The molecule has 0 atom stereocenters. The van der Waals surface area contributed by atoms with Crippen LogP contribution in [0.5, 0.6) is 0 Å². The van der Waals surface area contributed by atoms with Crippen LogP contribution in [0.15, 0.2) is 23.3 Å². The molecule has 0 aliphatic carbocycles. The zero-order valence-corrected chi connectivity index (χ0v) is 9.96. The molecule has 0 bridgehead atoms. The van der Waals surface area contributed by atoms with Crippen LogP contribution in [0.25, 0.3) is 0 Å². The molecule has 0 rings (SSSR count). The van der Waals surface area contributed by atoms with E-state index in [1.807, 2.05) is 6.08 Å². The van der Waals surface area contributed by atoms with Gasteiger partial charge in [0.05, 0.1) is 0 Å². The molecule has 0 N–H and O–H groups in total. The summed E-state index contributed by atoms with van der Waals surface area (Å²) >= 11 is 0. The van der Waals surface area contributed by atoms with Crippen molar-refractivity contribution in [3.05, 3.63) is 23.3 Å². The molecular formula is C10H20B2O2. The monoisotopic (exact) mass is 194 g/mol. The molecule has 0 unspecified atom stereocenters. The van der Waals surface area contributed by atoms with Gasteiger partial charge in [0.2, 0.25) is 0 Å². The topological polar surface area (TPSA) is 18.5 Å². The Kier molecular flexibility index (Phi) is 7.62. The van der Waals surface area contributed by atoms with Gasteiger partial charge in [0.1, 0.15) is 6.29 Å². The van der Waals surface area contributed by atoms with E-state index in [1.54, 1.807) is 16.1 Å². The standard InChI is InChI=1S/C10H20B2O2/c1-8(2)5-4-6-9(3)7-10(13-11)14-12/h5,7,10H,4,6,11-12H2,1-3H3. The van der Waals surface area contributed by atoms with Crippen molar-refractivity contribution in [3.8, 4) is 0 Å². The Hall–Kier alpha value is -0.470. The van der Waals surface area contributed by atoms with Gasteiger partial charge >= 0.3 is 0 Å². The summed E-state index contributed by atoms with van der Waals surface area (Å²) in [4.78, 5) is 0. The van der Waals surface area contributed by atoms with Crippen molar-refractivity contribution in [2.75, 3.05) is 0 Å². The quantitative estimate of drug-likeness (QED) is 0.358. The van der Waals surface area contributed by atoms with Crippen LogP contribution in [0, 0.1) is 0 Å². The molecule has 78 valence electrons. The predicted molar refractivity (Wildman–Crippen MR) is 65.5 cm³/mol. The highest BCUT2D eigenvalue weighted by Crippen LogP contribution is 2.08. The van der Waals surface area contributed by atoms with Crippen molar-refractivity contribution in [3.63, 3.8) is 0 Å². The summed E-state index contributed by atoms with van der Waals surface area (Å²) in [5.41, 5.74) is 2.67. The first-order valence-corrected chi connectivity index (χ1v) is 4.96. The summed E-state index contributed by atoms with van der Waals surface area (Å²) in [5, 5.41) is 0. The maximum absolute atomic E-state index is 5.08. The molecule has 0 aromatic carbocycles. The second kappa shape index (κ2) is 7.89. The molecule has 0 fully saturated rings. The van der Waals surface area contributed by atoms with Crippen LogP contribution in [-0.4, -0.2) is 22.4 Å². The van der Waals surface area contributed by atoms with Crippen molar-refractivity contribution in [2.45, 2.75) is 39.9 Å². The molecule has 0 aromatic rings. The highest BCUT2D eigenvalue weighted by molar-refractivity contribution is 5.99. The Bertz CT molecular complexity index is 204.